The third-order valence-corrected chi connectivity index (χ3v) is 5.23. The van der Waals surface area contributed by atoms with Gasteiger partial charge >= 0.3 is 5.97 Å². The fraction of sp³-hybridized carbons (Fsp3) is 0.0417. The lowest BCUT2D eigenvalue weighted by atomic mass is 10.1. The first-order valence-electron chi connectivity index (χ1n) is 9.33. The van der Waals surface area contributed by atoms with Gasteiger partial charge in [0.1, 0.15) is 5.69 Å². The normalized spacial score (nSPS) is 10.9. The predicted molar refractivity (Wildman–Crippen MR) is 118 cm³/mol. The molecular formula is C24H18N2O3S. The number of ketones is 1. The summed E-state index contributed by atoms with van der Waals surface area (Å²) < 4.78 is 6.88. The van der Waals surface area contributed by atoms with Crippen molar-refractivity contribution in [1.82, 2.24) is 9.78 Å². The first kappa shape index (κ1) is 19.5. The number of hydrogen-bond acceptors (Lipinski definition) is 5. The van der Waals surface area contributed by atoms with Crippen molar-refractivity contribution in [3.05, 3.63) is 102 Å². The summed E-state index contributed by atoms with van der Waals surface area (Å²) in [6.07, 6.45) is 4.85. The summed E-state index contributed by atoms with van der Waals surface area (Å²) in [6, 6.07) is 22.4. The number of carbonyl (C=O) groups excluding carboxylic acids is 2. The molecule has 148 valence electrons. The average molecular weight is 414 g/mol. The number of benzene rings is 2. The number of para-hydroxylation sites is 1. The Morgan fingerprint density at radius 3 is 2.40 bits per heavy atom. The van der Waals surface area contributed by atoms with E-state index in [1.807, 2.05) is 60.1 Å². The van der Waals surface area contributed by atoms with E-state index < -0.39 is 5.97 Å². The SMILES string of the molecule is O=C(/C=C/c1cn(-c2ccccc2)nc1-c1cccs1)OCC(=O)c1ccccc1. The number of rotatable bonds is 7. The number of Topliss-reactive ketones (excluding diaryl/α,β-unsaturated/α-hetero) is 1. The lowest BCUT2D eigenvalue weighted by molar-refractivity contribution is -0.136. The molecule has 2 aromatic heterocycles. The molecule has 0 radical (unpaired) electrons. The Labute approximate surface area is 177 Å². The van der Waals surface area contributed by atoms with Crippen molar-refractivity contribution in [3.8, 4) is 16.3 Å². The maximum absolute atomic E-state index is 12.1. The van der Waals surface area contributed by atoms with E-state index in [1.54, 1.807) is 46.4 Å². The summed E-state index contributed by atoms with van der Waals surface area (Å²) in [4.78, 5) is 25.2. The number of hydrogen-bond donors (Lipinski definition) is 0. The van der Waals surface area contributed by atoms with Gasteiger partial charge in [-0.05, 0) is 29.7 Å². The van der Waals surface area contributed by atoms with E-state index in [-0.39, 0.29) is 12.4 Å². The molecule has 30 heavy (non-hydrogen) atoms. The predicted octanol–water partition coefficient (Wildman–Crippen LogP) is 5.04. The Balaban J connectivity index is 1.50. The van der Waals surface area contributed by atoms with E-state index in [4.69, 9.17) is 4.74 Å². The van der Waals surface area contributed by atoms with E-state index in [0.29, 0.717) is 5.56 Å². The van der Waals surface area contributed by atoms with Gasteiger partial charge < -0.3 is 4.74 Å². The van der Waals surface area contributed by atoms with Gasteiger partial charge in [-0.1, -0.05) is 54.6 Å². The van der Waals surface area contributed by atoms with E-state index in [9.17, 15) is 9.59 Å². The highest BCUT2D eigenvalue weighted by atomic mass is 32.1. The van der Waals surface area contributed by atoms with Gasteiger partial charge in [-0.15, -0.1) is 11.3 Å². The van der Waals surface area contributed by atoms with E-state index in [0.717, 1.165) is 21.8 Å². The molecule has 6 heteroatoms. The molecule has 4 rings (SSSR count). The molecule has 0 aliphatic heterocycles. The Hall–Kier alpha value is -3.77. The molecule has 0 spiro atoms. The molecular weight excluding hydrogens is 396 g/mol. The van der Waals surface area contributed by atoms with Crippen molar-refractivity contribution in [1.29, 1.82) is 0 Å². The number of carbonyl (C=O) groups is 2. The molecule has 0 aliphatic rings. The van der Waals surface area contributed by atoms with Gasteiger partial charge in [0.2, 0.25) is 0 Å². The van der Waals surface area contributed by atoms with E-state index in [2.05, 4.69) is 5.10 Å². The zero-order valence-corrected chi connectivity index (χ0v) is 16.8. The van der Waals surface area contributed by atoms with Gasteiger partial charge in [0.05, 0.1) is 10.6 Å². The van der Waals surface area contributed by atoms with Crippen LogP contribution in [0.4, 0.5) is 0 Å². The van der Waals surface area contributed by atoms with Crippen LogP contribution < -0.4 is 0 Å². The van der Waals surface area contributed by atoms with Gasteiger partial charge in [-0.2, -0.15) is 5.10 Å². The fourth-order valence-corrected chi connectivity index (χ4v) is 3.61. The molecule has 2 heterocycles. The van der Waals surface area contributed by atoms with Crippen LogP contribution >= 0.6 is 11.3 Å². The number of aromatic nitrogens is 2. The third kappa shape index (κ3) is 4.61. The molecule has 0 N–H and O–H groups in total. The van der Waals surface area contributed by atoms with Gasteiger partial charge in [0, 0.05) is 23.4 Å². The second-order valence-corrected chi connectivity index (χ2v) is 7.37. The van der Waals surface area contributed by atoms with Crippen molar-refractivity contribution >= 4 is 29.2 Å². The quantitative estimate of drug-likeness (QED) is 0.241. The Kier molecular flexibility index (Phi) is 5.96. The highest BCUT2D eigenvalue weighted by molar-refractivity contribution is 7.13. The van der Waals surface area contributed by atoms with Crippen LogP contribution in [0.5, 0.6) is 0 Å². The minimum atomic E-state index is -0.580. The summed E-state index contributed by atoms with van der Waals surface area (Å²) in [5.41, 5.74) is 3.00. The van der Waals surface area contributed by atoms with Crippen molar-refractivity contribution in [2.75, 3.05) is 6.61 Å². The van der Waals surface area contributed by atoms with Crippen molar-refractivity contribution in [3.63, 3.8) is 0 Å². The fourth-order valence-electron chi connectivity index (χ4n) is 2.88. The lowest BCUT2D eigenvalue weighted by Crippen LogP contribution is -2.12. The highest BCUT2D eigenvalue weighted by Gasteiger charge is 2.12. The van der Waals surface area contributed by atoms with Crippen LogP contribution in [0.1, 0.15) is 15.9 Å². The Bertz CT molecular complexity index is 1160. The maximum Gasteiger partial charge on any atom is 0.331 e. The van der Waals surface area contributed by atoms with Gasteiger partial charge in [0.15, 0.2) is 12.4 Å². The molecule has 0 saturated heterocycles. The van der Waals surface area contributed by atoms with Crippen LogP contribution in [-0.2, 0) is 9.53 Å². The zero-order valence-electron chi connectivity index (χ0n) is 16.0. The maximum atomic E-state index is 12.1. The average Bonchev–Trinajstić information content (AvgIpc) is 3.47. The Morgan fingerprint density at radius 1 is 0.967 bits per heavy atom. The van der Waals surface area contributed by atoms with Crippen molar-refractivity contribution in [2.45, 2.75) is 0 Å². The van der Waals surface area contributed by atoms with E-state index in [1.165, 1.54) is 6.08 Å². The molecule has 0 bridgehead atoms. The van der Waals surface area contributed by atoms with Crippen LogP contribution in [0.25, 0.3) is 22.3 Å². The number of nitrogens with zero attached hydrogens (tertiary/aromatic N) is 2. The minimum Gasteiger partial charge on any atom is -0.454 e. The molecule has 0 atom stereocenters. The summed E-state index contributed by atoms with van der Waals surface area (Å²) in [5, 5.41) is 6.66. The van der Waals surface area contributed by atoms with Crippen molar-refractivity contribution in [2.24, 2.45) is 0 Å². The molecule has 0 amide bonds. The summed E-state index contributed by atoms with van der Waals surface area (Å²) in [5.74, 6) is -0.822. The van der Waals surface area contributed by atoms with Gasteiger partial charge in [-0.25, -0.2) is 9.48 Å². The molecule has 0 unspecified atom stereocenters. The van der Waals surface area contributed by atoms with Crippen LogP contribution in [0.3, 0.4) is 0 Å². The molecule has 5 nitrogen and oxygen atoms in total. The van der Waals surface area contributed by atoms with Gasteiger partial charge in [-0.3, -0.25) is 4.79 Å². The van der Waals surface area contributed by atoms with Gasteiger partial charge in [0.25, 0.3) is 0 Å². The topological polar surface area (TPSA) is 61.2 Å². The smallest absolute Gasteiger partial charge is 0.331 e. The highest BCUT2D eigenvalue weighted by Crippen LogP contribution is 2.28. The van der Waals surface area contributed by atoms with Crippen LogP contribution in [-0.4, -0.2) is 28.1 Å². The molecule has 0 saturated carbocycles. The number of thiophene rings is 1. The summed E-state index contributed by atoms with van der Waals surface area (Å²) in [7, 11) is 0. The number of esters is 1. The summed E-state index contributed by atoms with van der Waals surface area (Å²) in [6.45, 7) is -0.297. The first-order chi connectivity index (χ1) is 14.7. The van der Waals surface area contributed by atoms with Crippen molar-refractivity contribution < 1.29 is 14.3 Å². The largest absolute Gasteiger partial charge is 0.454 e. The standard InChI is InChI=1S/C24H18N2O3S/c27-21(18-8-3-1-4-9-18)17-29-23(28)14-13-19-16-26(20-10-5-2-6-11-20)25-24(19)22-12-7-15-30-22/h1-16H,17H2/b14-13+. The van der Waals surface area contributed by atoms with Crippen LogP contribution in [0.15, 0.2) is 90.4 Å². The molecule has 4 aromatic rings. The van der Waals surface area contributed by atoms with Crippen LogP contribution in [0, 0.1) is 0 Å². The lowest BCUT2D eigenvalue weighted by Gasteiger charge is -2.01. The van der Waals surface area contributed by atoms with Crippen LogP contribution in [0.2, 0.25) is 0 Å². The second kappa shape index (κ2) is 9.15. The third-order valence-electron chi connectivity index (χ3n) is 4.36. The first-order valence-corrected chi connectivity index (χ1v) is 10.2. The van der Waals surface area contributed by atoms with E-state index >= 15 is 0 Å². The summed E-state index contributed by atoms with van der Waals surface area (Å²) >= 11 is 1.57. The number of ether oxygens (including phenoxy) is 1. The zero-order chi connectivity index (χ0) is 20.8. The molecule has 0 aliphatic carbocycles. The molecule has 0 fully saturated rings. The Morgan fingerprint density at radius 2 is 1.70 bits per heavy atom. The second-order valence-electron chi connectivity index (χ2n) is 6.42. The molecule has 2 aromatic carbocycles. The minimum absolute atomic E-state index is 0.242. The monoisotopic (exact) mass is 414 g/mol.